The minimum Gasteiger partial charge on any atom is -0.335 e. The topological polar surface area (TPSA) is 61.4 Å². The number of carbonyl (C=O) groups is 2. The van der Waals surface area contributed by atoms with Crippen LogP contribution in [0.4, 0.5) is 5.69 Å². The van der Waals surface area contributed by atoms with Crippen molar-refractivity contribution in [2.24, 2.45) is 0 Å². The molecule has 0 aliphatic carbocycles. The van der Waals surface area contributed by atoms with E-state index in [9.17, 15) is 9.59 Å². The van der Waals surface area contributed by atoms with Gasteiger partial charge < -0.3 is 15.5 Å². The molecule has 0 heterocycles. The minimum atomic E-state index is -0.312. The van der Waals surface area contributed by atoms with Crippen LogP contribution in [0.1, 0.15) is 18.5 Å². The van der Waals surface area contributed by atoms with Crippen LogP contribution in [0.2, 0.25) is 10.0 Å². The number of para-hydroxylation sites is 1. The van der Waals surface area contributed by atoms with Gasteiger partial charge in [-0.25, -0.2) is 0 Å². The molecule has 2 amide bonds. The largest absolute Gasteiger partial charge is 0.335 e. The predicted molar refractivity (Wildman–Crippen MR) is 106 cm³/mol. The van der Waals surface area contributed by atoms with Crippen molar-refractivity contribution in [1.29, 1.82) is 0 Å². The Balaban J connectivity index is 1.83. The van der Waals surface area contributed by atoms with Crippen molar-refractivity contribution in [3.63, 3.8) is 0 Å². The third-order valence-corrected chi connectivity index (χ3v) is 4.56. The molecular formula is C19H21Cl2N3O2. The Morgan fingerprint density at radius 3 is 2.31 bits per heavy atom. The van der Waals surface area contributed by atoms with Gasteiger partial charge in [0.2, 0.25) is 11.8 Å². The summed E-state index contributed by atoms with van der Waals surface area (Å²) in [6, 6.07) is 14.3. The van der Waals surface area contributed by atoms with Gasteiger partial charge in [0, 0.05) is 18.1 Å². The second kappa shape index (κ2) is 9.57. The summed E-state index contributed by atoms with van der Waals surface area (Å²) in [5, 5.41) is 6.91. The third kappa shape index (κ3) is 5.73. The smallest absolute Gasteiger partial charge is 0.244 e. The lowest BCUT2D eigenvalue weighted by Gasteiger charge is -2.20. The number of halogens is 2. The first-order valence-electron chi connectivity index (χ1n) is 8.14. The Morgan fingerprint density at radius 1 is 1.04 bits per heavy atom. The highest BCUT2D eigenvalue weighted by molar-refractivity contribution is 6.33. The van der Waals surface area contributed by atoms with E-state index in [2.05, 4.69) is 10.6 Å². The molecule has 0 aliphatic heterocycles. The van der Waals surface area contributed by atoms with E-state index in [1.807, 2.05) is 31.2 Å². The number of hydrogen-bond acceptors (Lipinski definition) is 3. The summed E-state index contributed by atoms with van der Waals surface area (Å²) in [7, 11) is 1.58. The van der Waals surface area contributed by atoms with E-state index in [4.69, 9.17) is 23.2 Å². The van der Waals surface area contributed by atoms with Crippen molar-refractivity contribution in [1.82, 2.24) is 10.2 Å². The molecule has 26 heavy (non-hydrogen) atoms. The fourth-order valence-corrected chi connectivity index (χ4v) is 2.85. The molecule has 0 bridgehead atoms. The predicted octanol–water partition coefficient (Wildman–Crippen LogP) is 3.74. The maximum absolute atomic E-state index is 12.2. The van der Waals surface area contributed by atoms with E-state index in [-0.39, 0.29) is 30.9 Å². The zero-order chi connectivity index (χ0) is 19.1. The molecule has 0 fully saturated rings. The molecule has 5 nitrogen and oxygen atoms in total. The van der Waals surface area contributed by atoms with Crippen LogP contribution in [-0.4, -0.2) is 36.9 Å². The first-order valence-corrected chi connectivity index (χ1v) is 8.90. The van der Waals surface area contributed by atoms with Crippen molar-refractivity contribution < 1.29 is 9.59 Å². The van der Waals surface area contributed by atoms with Gasteiger partial charge in [-0.2, -0.15) is 0 Å². The Morgan fingerprint density at radius 2 is 1.65 bits per heavy atom. The maximum Gasteiger partial charge on any atom is 0.244 e. The van der Waals surface area contributed by atoms with Crippen LogP contribution in [-0.2, 0) is 9.59 Å². The molecule has 138 valence electrons. The molecule has 0 spiro atoms. The number of likely N-dealkylation sites (N-methyl/N-ethyl adjacent to an activating group) is 1. The monoisotopic (exact) mass is 393 g/mol. The van der Waals surface area contributed by atoms with Gasteiger partial charge in [-0.15, -0.1) is 0 Å². The van der Waals surface area contributed by atoms with Crippen LogP contribution in [0, 0.1) is 0 Å². The van der Waals surface area contributed by atoms with Crippen molar-refractivity contribution >= 4 is 40.7 Å². The average Bonchev–Trinajstić information content (AvgIpc) is 2.61. The molecule has 2 aromatic rings. The lowest BCUT2D eigenvalue weighted by Crippen LogP contribution is -2.40. The summed E-state index contributed by atoms with van der Waals surface area (Å²) in [6.07, 6.45) is 0. The fourth-order valence-electron chi connectivity index (χ4n) is 2.37. The summed E-state index contributed by atoms with van der Waals surface area (Å²) in [5.41, 5.74) is 1.44. The highest BCUT2D eigenvalue weighted by Gasteiger charge is 2.16. The number of rotatable bonds is 7. The number of anilines is 1. The van der Waals surface area contributed by atoms with Gasteiger partial charge in [-0.05, 0) is 30.7 Å². The normalized spacial score (nSPS) is 11.7. The van der Waals surface area contributed by atoms with Gasteiger partial charge in [0.05, 0.1) is 23.8 Å². The molecular weight excluding hydrogens is 373 g/mol. The van der Waals surface area contributed by atoms with E-state index in [1.165, 1.54) is 4.90 Å². The maximum atomic E-state index is 12.2. The molecule has 0 aromatic heterocycles. The Bertz CT molecular complexity index is 783. The Kier molecular flexibility index (Phi) is 7.45. The molecule has 2 rings (SSSR count). The van der Waals surface area contributed by atoms with E-state index in [0.29, 0.717) is 15.7 Å². The highest BCUT2D eigenvalue weighted by Crippen LogP contribution is 2.22. The van der Waals surface area contributed by atoms with Gasteiger partial charge in [-0.1, -0.05) is 53.5 Å². The number of carbonyl (C=O) groups excluding carboxylic acids is 2. The molecule has 1 atom stereocenters. The van der Waals surface area contributed by atoms with E-state index in [0.717, 1.165) is 5.56 Å². The van der Waals surface area contributed by atoms with Crippen LogP contribution >= 0.6 is 23.2 Å². The lowest BCUT2D eigenvalue weighted by atomic mass is 10.1. The first kappa shape index (κ1) is 20.2. The average molecular weight is 394 g/mol. The van der Waals surface area contributed by atoms with Crippen molar-refractivity contribution in [2.75, 3.05) is 25.5 Å². The van der Waals surface area contributed by atoms with Crippen LogP contribution in [0.25, 0.3) is 0 Å². The van der Waals surface area contributed by atoms with Crippen LogP contribution in [0.3, 0.4) is 0 Å². The van der Waals surface area contributed by atoms with Gasteiger partial charge in [0.25, 0.3) is 0 Å². The van der Waals surface area contributed by atoms with E-state index < -0.39 is 0 Å². The van der Waals surface area contributed by atoms with Gasteiger partial charge in [0.1, 0.15) is 0 Å². The van der Waals surface area contributed by atoms with Crippen LogP contribution in [0.15, 0.2) is 48.5 Å². The van der Waals surface area contributed by atoms with Crippen molar-refractivity contribution in [3.05, 3.63) is 64.1 Å². The minimum absolute atomic E-state index is 0.0633. The Hall–Kier alpha value is -2.08. The van der Waals surface area contributed by atoms with Gasteiger partial charge >= 0.3 is 0 Å². The molecule has 0 saturated heterocycles. The number of amides is 2. The molecule has 0 aliphatic rings. The molecule has 2 aromatic carbocycles. The molecule has 1 unspecified atom stereocenters. The molecule has 7 heteroatoms. The number of nitrogens with zero attached hydrogens (tertiary/aromatic N) is 1. The summed E-state index contributed by atoms with van der Waals surface area (Å²) in [4.78, 5) is 25.7. The van der Waals surface area contributed by atoms with E-state index >= 15 is 0 Å². The van der Waals surface area contributed by atoms with Crippen molar-refractivity contribution in [2.45, 2.75) is 13.0 Å². The highest BCUT2D eigenvalue weighted by atomic mass is 35.5. The van der Waals surface area contributed by atoms with Crippen molar-refractivity contribution in [3.8, 4) is 0 Å². The number of benzene rings is 2. The molecule has 0 saturated carbocycles. The number of hydrogen-bond donors (Lipinski definition) is 2. The van der Waals surface area contributed by atoms with E-state index in [1.54, 1.807) is 31.3 Å². The standard InChI is InChI=1S/C19H21Cl2N3O2/c1-13(14-7-3-4-8-15(14)20)22-11-19(26)24(2)12-18(25)23-17-10-6-5-9-16(17)21/h3-10,13,22H,11-12H2,1-2H3,(H,23,25). The number of nitrogens with one attached hydrogen (secondary N) is 2. The fraction of sp³-hybridized carbons (Fsp3) is 0.263. The summed E-state index contributed by atoms with van der Waals surface area (Å²) >= 11 is 12.2. The second-order valence-corrected chi connectivity index (χ2v) is 6.72. The quantitative estimate of drug-likeness (QED) is 0.752. The first-order chi connectivity index (χ1) is 12.4. The SMILES string of the molecule is CC(NCC(=O)N(C)CC(=O)Nc1ccccc1Cl)c1ccccc1Cl. The van der Waals surface area contributed by atoms with Gasteiger partial charge in [-0.3, -0.25) is 9.59 Å². The summed E-state index contributed by atoms with van der Waals surface area (Å²) < 4.78 is 0. The zero-order valence-electron chi connectivity index (χ0n) is 14.6. The molecule has 2 N–H and O–H groups in total. The van der Waals surface area contributed by atoms with Crippen LogP contribution in [0.5, 0.6) is 0 Å². The third-order valence-electron chi connectivity index (χ3n) is 3.89. The second-order valence-electron chi connectivity index (χ2n) is 5.90. The summed E-state index contributed by atoms with van der Waals surface area (Å²) in [5.74, 6) is -0.508. The molecule has 0 radical (unpaired) electrons. The van der Waals surface area contributed by atoms with Crippen LogP contribution < -0.4 is 10.6 Å². The van der Waals surface area contributed by atoms with Gasteiger partial charge in [0.15, 0.2) is 0 Å². The zero-order valence-corrected chi connectivity index (χ0v) is 16.1. The summed E-state index contributed by atoms with van der Waals surface area (Å²) in [6.45, 7) is 1.97. The lowest BCUT2D eigenvalue weighted by molar-refractivity contribution is -0.132. The Labute approximate surface area is 163 Å².